The van der Waals surface area contributed by atoms with Gasteiger partial charge in [0.2, 0.25) is 0 Å². The lowest BCUT2D eigenvalue weighted by atomic mass is 10.2. The summed E-state index contributed by atoms with van der Waals surface area (Å²) in [5.74, 6) is 0. The molecule has 0 bridgehead atoms. The van der Waals surface area contributed by atoms with Crippen molar-refractivity contribution in [3.8, 4) is 0 Å². The molecule has 0 amide bonds. The van der Waals surface area contributed by atoms with Crippen molar-refractivity contribution in [3.05, 3.63) is 55.8 Å². The smallest absolute Gasteiger partial charge is 0.0455 e. The van der Waals surface area contributed by atoms with E-state index in [-0.39, 0.29) is 0 Å². The molecule has 0 spiro atoms. The molecule has 0 fully saturated rings. The number of benzene rings is 1. The number of hydrogen-bond acceptors (Lipinski definition) is 1. The first kappa shape index (κ1) is 10.6. The molecule has 0 saturated heterocycles. The van der Waals surface area contributed by atoms with E-state index in [1.807, 2.05) is 18.3 Å². The summed E-state index contributed by atoms with van der Waals surface area (Å²) in [4.78, 5) is 5.42. The van der Waals surface area contributed by atoms with Crippen molar-refractivity contribution in [2.75, 3.05) is 18.0 Å². The van der Waals surface area contributed by atoms with Crippen LogP contribution in [0.1, 0.15) is 0 Å². The highest BCUT2D eigenvalue weighted by atomic mass is 15.1. The molecule has 1 N–H and O–H groups in total. The van der Waals surface area contributed by atoms with Gasteiger partial charge in [0.05, 0.1) is 0 Å². The van der Waals surface area contributed by atoms with Gasteiger partial charge in [0.25, 0.3) is 0 Å². The summed E-state index contributed by atoms with van der Waals surface area (Å²) in [5.41, 5.74) is 2.37. The number of fused-ring (bicyclic) bond motifs is 1. The van der Waals surface area contributed by atoms with Gasteiger partial charge in [0.15, 0.2) is 0 Å². The molecule has 1 aromatic heterocycles. The Morgan fingerprint density at radius 2 is 1.88 bits per heavy atom. The number of aromatic amines is 1. The molecule has 0 aliphatic carbocycles. The van der Waals surface area contributed by atoms with Crippen LogP contribution in [0.15, 0.2) is 55.8 Å². The predicted octanol–water partition coefficient (Wildman–Crippen LogP) is 3.35. The zero-order chi connectivity index (χ0) is 11.4. The van der Waals surface area contributed by atoms with Crippen molar-refractivity contribution >= 4 is 16.6 Å². The topological polar surface area (TPSA) is 19.0 Å². The first-order valence-corrected chi connectivity index (χ1v) is 5.39. The van der Waals surface area contributed by atoms with Crippen LogP contribution in [0.5, 0.6) is 0 Å². The predicted molar refractivity (Wildman–Crippen MR) is 70.9 cm³/mol. The van der Waals surface area contributed by atoms with Crippen LogP contribution < -0.4 is 4.90 Å². The third-order valence-electron chi connectivity index (χ3n) is 2.60. The van der Waals surface area contributed by atoms with E-state index in [0.29, 0.717) is 0 Å². The average molecular weight is 212 g/mol. The Morgan fingerprint density at radius 3 is 2.56 bits per heavy atom. The van der Waals surface area contributed by atoms with Crippen molar-refractivity contribution < 1.29 is 0 Å². The fraction of sp³-hybridized carbons (Fsp3) is 0.143. The third kappa shape index (κ3) is 2.01. The highest BCUT2D eigenvalue weighted by Gasteiger charge is 2.03. The van der Waals surface area contributed by atoms with Crippen LogP contribution >= 0.6 is 0 Å². The maximum Gasteiger partial charge on any atom is 0.0455 e. The summed E-state index contributed by atoms with van der Waals surface area (Å²) < 4.78 is 0. The van der Waals surface area contributed by atoms with Gasteiger partial charge in [0.1, 0.15) is 0 Å². The fourth-order valence-corrected chi connectivity index (χ4v) is 1.83. The van der Waals surface area contributed by atoms with Gasteiger partial charge in [-0.25, -0.2) is 0 Å². The van der Waals surface area contributed by atoms with Crippen LogP contribution in [0, 0.1) is 0 Å². The average Bonchev–Trinajstić information content (AvgIpc) is 2.75. The van der Waals surface area contributed by atoms with Crippen LogP contribution in [0.3, 0.4) is 0 Å². The Hall–Kier alpha value is -1.96. The van der Waals surface area contributed by atoms with Crippen molar-refractivity contribution in [1.82, 2.24) is 4.98 Å². The van der Waals surface area contributed by atoms with Crippen LogP contribution in [-0.4, -0.2) is 18.1 Å². The van der Waals surface area contributed by atoms with E-state index >= 15 is 0 Å². The number of aromatic nitrogens is 1. The van der Waals surface area contributed by atoms with Crippen molar-refractivity contribution in [2.24, 2.45) is 0 Å². The van der Waals surface area contributed by atoms with Crippen LogP contribution in [0.4, 0.5) is 5.69 Å². The summed E-state index contributed by atoms with van der Waals surface area (Å²) in [7, 11) is 0. The Labute approximate surface area is 95.9 Å². The van der Waals surface area contributed by atoms with E-state index in [1.165, 1.54) is 16.6 Å². The van der Waals surface area contributed by atoms with E-state index in [4.69, 9.17) is 0 Å². The van der Waals surface area contributed by atoms with Gasteiger partial charge in [-0.3, -0.25) is 0 Å². The summed E-state index contributed by atoms with van der Waals surface area (Å²) >= 11 is 0. The normalized spacial score (nSPS) is 10.2. The van der Waals surface area contributed by atoms with E-state index in [0.717, 1.165) is 13.1 Å². The maximum absolute atomic E-state index is 3.78. The minimum Gasteiger partial charge on any atom is -0.364 e. The number of rotatable bonds is 5. The fourth-order valence-electron chi connectivity index (χ4n) is 1.83. The molecular weight excluding hydrogens is 196 g/mol. The molecule has 0 radical (unpaired) electrons. The first-order valence-electron chi connectivity index (χ1n) is 5.39. The summed E-state index contributed by atoms with van der Waals surface area (Å²) in [6.45, 7) is 9.23. The number of anilines is 1. The van der Waals surface area contributed by atoms with Crippen molar-refractivity contribution in [2.45, 2.75) is 0 Å². The van der Waals surface area contributed by atoms with Crippen LogP contribution in [0.2, 0.25) is 0 Å². The molecular formula is C14H16N2. The van der Waals surface area contributed by atoms with E-state index < -0.39 is 0 Å². The molecule has 1 aromatic carbocycles. The summed E-state index contributed by atoms with van der Waals surface area (Å²) in [6.07, 6.45) is 5.77. The molecule has 82 valence electrons. The molecule has 1 heterocycles. The second-order valence-corrected chi connectivity index (χ2v) is 3.73. The Kier molecular flexibility index (Phi) is 3.10. The molecule has 16 heavy (non-hydrogen) atoms. The SMILES string of the molecule is C=CCN(CC=C)c1ccc2[nH]ccc2c1. The zero-order valence-corrected chi connectivity index (χ0v) is 9.32. The lowest BCUT2D eigenvalue weighted by Gasteiger charge is -2.21. The monoisotopic (exact) mass is 212 g/mol. The molecule has 2 aromatic rings. The standard InChI is InChI=1S/C14H16N2/c1-3-9-16(10-4-2)13-5-6-14-12(11-13)7-8-15-14/h3-8,11,15H,1-2,9-10H2. The highest BCUT2D eigenvalue weighted by Crippen LogP contribution is 2.21. The minimum absolute atomic E-state index is 0.835. The number of H-pyrrole nitrogens is 1. The quantitative estimate of drug-likeness (QED) is 0.753. The van der Waals surface area contributed by atoms with Crippen LogP contribution in [0.25, 0.3) is 10.9 Å². The third-order valence-corrected chi connectivity index (χ3v) is 2.60. The Bertz CT molecular complexity index is 486. The summed E-state index contributed by atoms with van der Waals surface area (Å²) in [5, 5.41) is 1.23. The minimum atomic E-state index is 0.835. The molecule has 2 nitrogen and oxygen atoms in total. The second kappa shape index (κ2) is 4.71. The first-order chi connectivity index (χ1) is 7.85. The Balaban J connectivity index is 2.34. The van der Waals surface area contributed by atoms with Crippen molar-refractivity contribution in [1.29, 1.82) is 0 Å². The largest absolute Gasteiger partial charge is 0.364 e. The molecule has 2 heteroatoms. The van der Waals surface area contributed by atoms with E-state index in [1.54, 1.807) is 0 Å². The lowest BCUT2D eigenvalue weighted by molar-refractivity contribution is 0.958. The van der Waals surface area contributed by atoms with Crippen molar-refractivity contribution in [3.63, 3.8) is 0 Å². The van der Waals surface area contributed by atoms with E-state index in [9.17, 15) is 0 Å². The molecule has 0 saturated carbocycles. The molecule has 2 rings (SSSR count). The van der Waals surface area contributed by atoms with Gasteiger partial charge in [-0.05, 0) is 24.3 Å². The zero-order valence-electron chi connectivity index (χ0n) is 9.32. The lowest BCUT2D eigenvalue weighted by Crippen LogP contribution is -2.22. The van der Waals surface area contributed by atoms with Gasteiger partial charge in [0, 0.05) is 35.9 Å². The maximum atomic E-state index is 3.78. The van der Waals surface area contributed by atoms with E-state index in [2.05, 4.69) is 47.3 Å². The highest BCUT2D eigenvalue weighted by molar-refractivity contribution is 5.83. The van der Waals surface area contributed by atoms with Gasteiger partial charge >= 0.3 is 0 Å². The molecule has 0 aliphatic rings. The van der Waals surface area contributed by atoms with Gasteiger partial charge in [-0.15, -0.1) is 13.2 Å². The number of nitrogens with one attached hydrogen (secondary N) is 1. The second-order valence-electron chi connectivity index (χ2n) is 3.73. The van der Waals surface area contributed by atoms with Gasteiger partial charge in [-0.1, -0.05) is 12.2 Å². The number of nitrogens with zero attached hydrogens (tertiary/aromatic N) is 1. The number of hydrogen-bond donors (Lipinski definition) is 1. The Morgan fingerprint density at radius 1 is 1.12 bits per heavy atom. The van der Waals surface area contributed by atoms with Crippen LogP contribution in [-0.2, 0) is 0 Å². The molecule has 0 aliphatic heterocycles. The van der Waals surface area contributed by atoms with Gasteiger partial charge < -0.3 is 9.88 Å². The van der Waals surface area contributed by atoms with Gasteiger partial charge in [-0.2, -0.15) is 0 Å². The molecule has 0 atom stereocenters. The summed E-state index contributed by atoms with van der Waals surface area (Å²) in [6, 6.07) is 8.48. The molecule has 0 unspecified atom stereocenters.